The summed E-state index contributed by atoms with van der Waals surface area (Å²) in [6, 6.07) is 8.99. The highest BCUT2D eigenvalue weighted by atomic mass is 14.6. The minimum atomic E-state index is 0.182. The molecular formula is C16H27N. The van der Waals surface area contributed by atoms with Crippen LogP contribution in [0.2, 0.25) is 0 Å². The van der Waals surface area contributed by atoms with E-state index in [1.54, 1.807) is 0 Å². The van der Waals surface area contributed by atoms with Crippen LogP contribution in [0.3, 0.4) is 0 Å². The molecule has 0 saturated heterocycles. The van der Waals surface area contributed by atoms with E-state index in [1.165, 1.54) is 24.0 Å². The first kappa shape index (κ1) is 14.2. The maximum absolute atomic E-state index is 6.32. The summed E-state index contributed by atoms with van der Waals surface area (Å²) in [6.07, 6.45) is 3.55. The first-order chi connectivity index (χ1) is 8.04. The number of benzene rings is 1. The van der Waals surface area contributed by atoms with Gasteiger partial charge in [-0.1, -0.05) is 58.4 Å². The summed E-state index contributed by atoms with van der Waals surface area (Å²) in [4.78, 5) is 0. The second kappa shape index (κ2) is 6.80. The van der Waals surface area contributed by atoms with Crippen molar-refractivity contribution in [1.82, 2.24) is 0 Å². The van der Waals surface area contributed by atoms with Crippen molar-refractivity contribution in [3.63, 3.8) is 0 Å². The van der Waals surface area contributed by atoms with E-state index in [4.69, 9.17) is 5.73 Å². The van der Waals surface area contributed by atoms with Crippen LogP contribution in [0.15, 0.2) is 24.3 Å². The van der Waals surface area contributed by atoms with Crippen molar-refractivity contribution in [2.24, 2.45) is 17.6 Å². The van der Waals surface area contributed by atoms with Crippen LogP contribution in [0.4, 0.5) is 0 Å². The predicted octanol–water partition coefficient (Wildman–Crippen LogP) is 4.32. The third kappa shape index (κ3) is 4.51. The standard InChI is InChI=1S/C16H27N/c1-5-7-13(4)16(17)15-9-6-8-14(11-15)10-12(2)3/h6,8-9,11-13,16H,5,7,10,17H2,1-4H3. The Bertz CT molecular complexity index is 330. The van der Waals surface area contributed by atoms with Gasteiger partial charge in [0, 0.05) is 6.04 Å². The van der Waals surface area contributed by atoms with Crippen molar-refractivity contribution in [1.29, 1.82) is 0 Å². The van der Waals surface area contributed by atoms with Gasteiger partial charge in [0.15, 0.2) is 0 Å². The number of rotatable bonds is 6. The molecule has 0 saturated carbocycles. The molecule has 2 atom stereocenters. The molecule has 1 nitrogen and oxygen atoms in total. The molecule has 1 aromatic rings. The third-order valence-electron chi connectivity index (χ3n) is 3.34. The van der Waals surface area contributed by atoms with Crippen LogP contribution in [-0.4, -0.2) is 0 Å². The zero-order valence-electron chi connectivity index (χ0n) is 11.7. The molecule has 0 bridgehead atoms. The van der Waals surface area contributed by atoms with Gasteiger partial charge in [0.1, 0.15) is 0 Å². The summed E-state index contributed by atoms with van der Waals surface area (Å²) in [7, 11) is 0. The van der Waals surface area contributed by atoms with Gasteiger partial charge in [-0.15, -0.1) is 0 Å². The van der Waals surface area contributed by atoms with E-state index in [0.717, 1.165) is 6.42 Å². The Balaban J connectivity index is 2.76. The lowest BCUT2D eigenvalue weighted by Gasteiger charge is -2.20. The van der Waals surface area contributed by atoms with Gasteiger partial charge in [0.25, 0.3) is 0 Å². The highest BCUT2D eigenvalue weighted by molar-refractivity contribution is 5.26. The maximum atomic E-state index is 6.32. The summed E-state index contributed by atoms with van der Waals surface area (Å²) < 4.78 is 0. The quantitative estimate of drug-likeness (QED) is 0.778. The highest BCUT2D eigenvalue weighted by Gasteiger charge is 2.14. The fourth-order valence-corrected chi connectivity index (χ4v) is 2.36. The SMILES string of the molecule is CCCC(C)C(N)c1cccc(CC(C)C)c1. The summed E-state index contributed by atoms with van der Waals surface area (Å²) in [5, 5.41) is 0. The van der Waals surface area contributed by atoms with E-state index in [0.29, 0.717) is 11.8 Å². The summed E-state index contributed by atoms with van der Waals surface area (Å²) in [5.41, 5.74) is 9.03. The van der Waals surface area contributed by atoms with Gasteiger partial charge in [-0.25, -0.2) is 0 Å². The Morgan fingerprint density at radius 1 is 1.18 bits per heavy atom. The Morgan fingerprint density at radius 3 is 2.47 bits per heavy atom. The van der Waals surface area contributed by atoms with Crippen molar-refractivity contribution in [3.05, 3.63) is 35.4 Å². The van der Waals surface area contributed by atoms with E-state index in [9.17, 15) is 0 Å². The Morgan fingerprint density at radius 2 is 1.88 bits per heavy atom. The molecular weight excluding hydrogens is 206 g/mol. The third-order valence-corrected chi connectivity index (χ3v) is 3.34. The lowest BCUT2D eigenvalue weighted by molar-refractivity contribution is 0.433. The maximum Gasteiger partial charge on any atom is 0.0320 e. The van der Waals surface area contributed by atoms with E-state index in [1.807, 2.05) is 0 Å². The molecule has 0 aliphatic heterocycles. The lowest BCUT2D eigenvalue weighted by atomic mass is 9.90. The Labute approximate surface area is 106 Å². The Hall–Kier alpha value is -0.820. The molecule has 0 aliphatic rings. The zero-order valence-corrected chi connectivity index (χ0v) is 11.7. The van der Waals surface area contributed by atoms with Crippen molar-refractivity contribution in [2.45, 2.75) is 53.0 Å². The molecule has 0 aromatic heterocycles. The summed E-state index contributed by atoms with van der Waals surface area (Å²) in [5.74, 6) is 1.27. The molecule has 0 aliphatic carbocycles. The summed E-state index contributed by atoms with van der Waals surface area (Å²) >= 11 is 0. The van der Waals surface area contributed by atoms with Gasteiger partial charge in [-0.3, -0.25) is 0 Å². The van der Waals surface area contributed by atoms with Crippen molar-refractivity contribution in [2.75, 3.05) is 0 Å². The van der Waals surface area contributed by atoms with Crippen molar-refractivity contribution >= 4 is 0 Å². The molecule has 0 fully saturated rings. The largest absolute Gasteiger partial charge is 0.324 e. The molecule has 0 heterocycles. The minimum Gasteiger partial charge on any atom is -0.324 e. The minimum absolute atomic E-state index is 0.182. The van der Waals surface area contributed by atoms with Gasteiger partial charge < -0.3 is 5.73 Å². The van der Waals surface area contributed by atoms with Crippen LogP contribution in [0.25, 0.3) is 0 Å². The van der Waals surface area contributed by atoms with Crippen LogP contribution in [0.5, 0.6) is 0 Å². The average Bonchev–Trinajstić information content (AvgIpc) is 2.28. The highest BCUT2D eigenvalue weighted by Crippen LogP contribution is 2.24. The van der Waals surface area contributed by atoms with Gasteiger partial charge >= 0.3 is 0 Å². The van der Waals surface area contributed by atoms with Crippen LogP contribution in [0.1, 0.15) is 57.7 Å². The second-order valence-electron chi connectivity index (χ2n) is 5.63. The molecule has 0 radical (unpaired) electrons. The van der Waals surface area contributed by atoms with Crippen molar-refractivity contribution in [3.8, 4) is 0 Å². The molecule has 17 heavy (non-hydrogen) atoms. The predicted molar refractivity (Wildman–Crippen MR) is 76.0 cm³/mol. The molecule has 0 amide bonds. The first-order valence-electron chi connectivity index (χ1n) is 6.89. The molecule has 0 spiro atoms. The molecule has 96 valence electrons. The van der Waals surface area contributed by atoms with Crippen LogP contribution >= 0.6 is 0 Å². The van der Waals surface area contributed by atoms with Gasteiger partial charge in [0.2, 0.25) is 0 Å². The van der Waals surface area contributed by atoms with Crippen LogP contribution in [0, 0.1) is 11.8 Å². The molecule has 1 rings (SSSR count). The van der Waals surface area contributed by atoms with E-state index < -0.39 is 0 Å². The van der Waals surface area contributed by atoms with E-state index >= 15 is 0 Å². The van der Waals surface area contributed by atoms with Gasteiger partial charge in [-0.2, -0.15) is 0 Å². The monoisotopic (exact) mass is 233 g/mol. The number of hydrogen-bond donors (Lipinski definition) is 1. The van der Waals surface area contributed by atoms with Crippen LogP contribution in [-0.2, 0) is 6.42 Å². The smallest absolute Gasteiger partial charge is 0.0320 e. The van der Waals surface area contributed by atoms with Crippen LogP contribution < -0.4 is 5.73 Å². The first-order valence-corrected chi connectivity index (χ1v) is 6.89. The molecule has 1 heteroatoms. The molecule has 2 unspecified atom stereocenters. The normalized spacial score (nSPS) is 14.9. The zero-order chi connectivity index (χ0) is 12.8. The summed E-state index contributed by atoms with van der Waals surface area (Å²) in [6.45, 7) is 8.99. The lowest BCUT2D eigenvalue weighted by Crippen LogP contribution is -2.19. The van der Waals surface area contributed by atoms with E-state index in [-0.39, 0.29) is 6.04 Å². The number of hydrogen-bond acceptors (Lipinski definition) is 1. The average molecular weight is 233 g/mol. The van der Waals surface area contributed by atoms with Crippen molar-refractivity contribution < 1.29 is 0 Å². The number of nitrogens with two attached hydrogens (primary N) is 1. The van der Waals surface area contributed by atoms with Gasteiger partial charge in [0.05, 0.1) is 0 Å². The Kier molecular flexibility index (Phi) is 5.70. The molecule has 2 N–H and O–H groups in total. The fourth-order valence-electron chi connectivity index (χ4n) is 2.36. The van der Waals surface area contributed by atoms with Gasteiger partial charge in [-0.05, 0) is 35.8 Å². The fraction of sp³-hybridized carbons (Fsp3) is 0.625. The second-order valence-corrected chi connectivity index (χ2v) is 5.63. The molecule has 1 aromatic carbocycles. The topological polar surface area (TPSA) is 26.0 Å². The van der Waals surface area contributed by atoms with E-state index in [2.05, 4.69) is 52.0 Å².